The summed E-state index contributed by atoms with van der Waals surface area (Å²) in [4.78, 5) is 26.0. The molecule has 0 bridgehead atoms. The molecule has 0 amide bonds. The molecule has 5 unspecified atom stereocenters. The zero-order valence-corrected chi connectivity index (χ0v) is 22.3. The van der Waals surface area contributed by atoms with Crippen molar-refractivity contribution in [3.63, 3.8) is 0 Å². The Balaban J connectivity index is 2.46. The van der Waals surface area contributed by atoms with Crippen molar-refractivity contribution < 1.29 is 19.1 Å². The molecule has 0 saturated heterocycles. The number of hydrogen-bond donors (Lipinski definition) is 0. The maximum atomic E-state index is 13.0. The van der Waals surface area contributed by atoms with E-state index in [0.29, 0.717) is 6.42 Å². The number of ether oxygens (including phenoxy) is 2. The smallest absolute Gasteiger partial charge is 0.310 e. The molecular formula is C29H52O4. The van der Waals surface area contributed by atoms with E-state index in [1.54, 1.807) is 0 Å². The summed E-state index contributed by atoms with van der Waals surface area (Å²) in [5, 5.41) is 0. The molecule has 5 atom stereocenters. The van der Waals surface area contributed by atoms with Crippen molar-refractivity contribution in [2.24, 2.45) is 17.8 Å². The summed E-state index contributed by atoms with van der Waals surface area (Å²) >= 11 is 0. The van der Waals surface area contributed by atoms with Crippen LogP contribution in [0.2, 0.25) is 0 Å². The number of esters is 2. The summed E-state index contributed by atoms with van der Waals surface area (Å²) in [6, 6.07) is 0. The van der Waals surface area contributed by atoms with Gasteiger partial charge in [0.2, 0.25) is 0 Å². The number of carbonyl (C=O) groups is 2. The van der Waals surface area contributed by atoms with Crippen LogP contribution in [0.15, 0.2) is 12.2 Å². The van der Waals surface area contributed by atoms with Gasteiger partial charge < -0.3 is 9.47 Å². The molecule has 33 heavy (non-hydrogen) atoms. The van der Waals surface area contributed by atoms with Crippen LogP contribution in [-0.2, 0) is 19.1 Å². The molecule has 192 valence electrons. The molecule has 4 heteroatoms. The maximum Gasteiger partial charge on any atom is 0.310 e. The predicted molar refractivity (Wildman–Crippen MR) is 137 cm³/mol. The van der Waals surface area contributed by atoms with Gasteiger partial charge in [0.1, 0.15) is 0 Å². The highest BCUT2D eigenvalue weighted by Gasteiger charge is 2.41. The van der Waals surface area contributed by atoms with Gasteiger partial charge in [0.05, 0.1) is 24.0 Å². The molecule has 0 heterocycles. The van der Waals surface area contributed by atoms with Crippen LogP contribution in [0, 0.1) is 17.8 Å². The lowest BCUT2D eigenvalue weighted by atomic mass is 9.76. The average Bonchev–Trinajstić information content (AvgIpc) is 2.78. The Morgan fingerprint density at radius 3 is 1.73 bits per heavy atom. The minimum Gasteiger partial charge on any atom is -0.462 e. The first-order valence-electron chi connectivity index (χ1n) is 14.0. The summed E-state index contributed by atoms with van der Waals surface area (Å²) in [6.45, 7) is 10.4. The third-order valence-corrected chi connectivity index (χ3v) is 6.97. The molecule has 0 aromatic heterocycles. The summed E-state index contributed by atoms with van der Waals surface area (Å²) in [5.41, 5.74) is 0. The van der Waals surface area contributed by atoms with E-state index in [4.69, 9.17) is 9.47 Å². The van der Waals surface area contributed by atoms with E-state index in [1.807, 2.05) is 32.9 Å². The standard InChI is InChI=1S/C29H52O4/c1-6-8-10-12-14-16-20-24(4)32-28(30)26-22-18-19-23(3)27(26)29(31)33-25(5)21-17-15-13-11-9-7-2/h18-19,23-27H,6-17,20-22H2,1-5H3. The monoisotopic (exact) mass is 464 g/mol. The van der Waals surface area contributed by atoms with Gasteiger partial charge in [0, 0.05) is 0 Å². The molecule has 0 aromatic rings. The van der Waals surface area contributed by atoms with E-state index >= 15 is 0 Å². The lowest BCUT2D eigenvalue weighted by Crippen LogP contribution is -2.39. The Kier molecular flexibility index (Phi) is 16.3. The largest absolute Gasteiger partial charge is 0.462 e. The molecule has 1 aliphatic carbocycles. The molecule has 4 nitrogen and oxygen atoms in total. The van der Waals surface area contributed by atoms with E-state index in [0.717, 1.165) is 25.7 Å². The average molecular weight is 465 g/mol. The molecule has 0 radical (unpaired) electrons. The van der Waals surface area contributed by atoms with E-state index in [-0.39, 0.29) is 30.1 Å². The summed E-state index contributed by atoms with van der Waals surface area (Å²) < 4.78 is 11.6. The molecule has 0 saturated carbocycles. The fourth-order valence-corrected chi connectivity index (χ4v) is 4.80. The Bertz CT molecular complexity index is 556. The highest BCUT2D eigenvalue weighted by Crippen LogP contribution is 2.33. The number of allylic oxidation sites excluding steroid dienone is 2. The summed E-state index contributed by atoms with van der Waals surface area (Å²) in [6.07, 6.45) is 20.9. The van der Waals surface area contributed by atoms with Crippen molar-refractivity contribution in [3.8, 4) is 0 Å². The van der Waals surface area contributed by atoms with E-state index in [1.165, 1.54) is 64.2 Å². The van der Waals surface area contributed by atoms with Crippen LogP contribution in [0.4, 0.5) is 0 Å². The van der Waals surface area contributed by atoms with Gasteiger partial charge in [-0.25, -0.2) is 0 Å². The van der Waals surface area contributed by atoms with Gasteiger partial charge in [0.25, 0.3) is 0 Å². The normalized spacial score (nSPS) is 22.0. The van der Waals surface area contributed by atoms with Gasteiger partial charge in [-0.15, -0.1) is 0 Å². The molecule has 0 spiro atoms. The van der Waals surface area contributed by atoms with Crippen LogP contribution in [0.25, 0.3) is 0 Å². The molecule has 0 aliphatic heterocycles. The fraction of sp³-hybridized carbons (Fsp3) is 0.862. The zero-order chi connectivity index (χ0) is 24.5. The van der Waals surface area contributed by atoms with Crippen LogP contribution >= 0.6 is 0 Å². The fourth-order valence-electron chi connectivity index (χ4n) is 4.80. The van der Waals surface area contributed by atoms with Crippen LogP contribution in [0.5, 0.6) is 0 Å². The second-order valence-electron chi connectivity index (χ2n) is 10.3. The van der Waals surface area contributed by atoms with Crippen molar-refractivity contribution in [1.82, 2.24) is 0 Å². The van der Waals surface area contributed by atoms with Gasteiger partial charge in [-0.2, -0.15) is 0 Å². The minimum atomic E-state index is -0.448. The third kappa shape index (κ3) is 12.6. The highest BCUT2D eigenvalue weighted by atomic mass is 16.6. The summed E-state index contributed by atoms with van der Waals surface area (Å²) in [5.74, 6) is -1.38. The van der Waals surface area contributed by atoms with Crippen molar-refractivity contribution in [3.05, 3.63) is 12.2 Å². The molecule has 0 N–H and O–H groups in total. The van der Waals surface area contributed by atoms with Crippen molar-refractivity contribution in [1.29, 1.82) is 0 Å². The first-order valence-corrected chi connectivity index (χ1v) is 14.0. The Labute approximate surface area is 204 Å². The van der Waals surface area contributed by atoms with Crippen molar-refractivity contribution in [2.45, 2.75) is 143 Å². The minimum absolute atomic E-state index is 0.0149. The second-order valence-corrected chi connectivity index (χ2v) is 10.3. The lowest BCUT2D eigenvalue weighted by molar-refractivity contribution is -0.168. The quantitative estimate of drug-likeness (QED) is 0.117. The second kappa shape index (κ2) is 18.1. The Morgan fingerprint density at radius 2 is 1.21 bits per heavy atom. The lowest BCUT2D eigenvalue weighted by Gasteiger charge is -2.31. The number of hydrogen-bond acceptors (Lipinski definition) is 4. The third-order valence-electron chi connectivity index (χ3n) is 6.97. The maximum absolute atomic E-state index is 13.0. The first-order chi connectivity index (χ1) is 15.9. The molecular weight excluding hydrogens is 412 g/mol. The van der Waals surface area contributed by atoms with Gasteiger partial charge in [0.15, 0.2) is 0 Å². The van der Waals surface area contributed by atoms with E-state index in [2.05, 4.69) is 13.8 Å². The van der Waals surface area contributed by atoms with Gasteiger partial charge in [-0.1, -0.05) is 97.1 Å². The number of carbonyl (C=O) groups excluding carboxylic acids is 2. The van der Waals surface area contributed by atoms with E-state index < -0.39 is 11.8 Å². The number of unbranched alkanes of at least 4 members (excludes halogenated alkanes) is 10. The Morgan fingerprint density at radius 1 is 0.758 bits per heavy atom. The van der Waals surface area contributed by atoms with Crippen LogP contribution in [-0.4, -0.2) is 24.1 Å². The van der Waals surface area contributed by atoms with E-state index in [9.17, 15) is 9.59 Å². The number of rotatable bonds is 18. The van der Waals surface area contributed by atoms with Crippen molar-refractivity contribution in [2.75, 3.05) is 0 Å². The van der Waals surface area contributed by atoms with Crippen LogP contribution in [0.1, 0.15) is 131 Å². The Hall–Kier alpha value is -1.32. The van der Waals surface area contributed by atoms with Crippen molar-refractivity contribution >= 4 is 11.9 Å². The molecule has 1 aliphatic rings. The zero-order valence-electron chi connectivity index (χ0n) is 22.3. The molecule has 0 fully saturated rings. The SMILES string of the molecule is CCCCCCCCC(C)OC(=O)C1CC=CC(C)C1C(=O)OC(C)CCCCCCCC. The van der Waals surface area contributed by atoms with Gasteiger partial charge >= 0.3 is 11.9 Å². The van der Waals surface area contributed by atoms with Gasteiger partial charge in [-0.3, -0.25) is 9.59 Å². The topological polar surface area (TPSA) is 52.6 Å². The first kappa shape index (κ1) is 29.7. The predicted octanol–water partition coefficient (Wildman–Crippen LogP) is 8.18. The summed E-state index contributed by atoms with van der Waals surface area (Å²) in [7, 11) is 0. The van der Waals surface area contributed by atoms with Crippen LogP contribution < -0.4 is 0 Å². The molecule has 0 aromatic carbocycles. The van der Waals surface area contributed by atoms with Crippen LogP contribution in [0.3, 0.4) is 0 Å². The molecule has 1 rings (SSSR count). The van der Waals surface area contributed by atoms with Gasteiger partial charge in [-0.05, 0) is 51.9 Å². The highest BCUT2D eigenvalue weighted by molar-refractivity contribution is 5.83.